The lowest BCUT2D eigenvalue weighted by molar-refractivity contribution is 0.0935. The number of rotatable bonds is 4. The second-order valence-corrected chi connectivity index (χ2v) is 4.16. The lowest BCUT2D eigenvalue weighted by Crippen LogP contribution is -2.32. The molecule has 1 atom stereocenters. The SMILES string of the molecule is CCCC(C)NC(=O)c1ccccc1S. The van der Waals surface area contributed by atoms with E-state index in [0.717, 1.165) is 17.7 Å². The summed E-state index contributed by atoms with van der Waals surface area (Å²) in [6, 6.07) is 7.54. The highest BCUT2D eigenvalue weighted by molar-refractivity contribution is 7.80. The molecule has 0 fully saturated rings. The summed E-state index contributed by atoms with van der Waals surface area (Å²) in [6.45, 7) is 4.12. The standard InChI is InChI=1S/C12H17NOS/c1-3-6-9(2)13-12(14)10-7-4-5-8-11(10)15/h4-5,7-9,15H,3,6H2,1-2H3,(H,13,14). The molecule has 0 saturated heterocycles. The Kier molecular flexibility index (Phi) is 4.69. The molecule has 1 amide bonds. The Morgan fingerprint density at radius 1 is 1.47 bits per heavy atom. The van der Waals surface area contributed by atoms with Crippen molar-refractivity contribution in [3.05, 3.63) is 29.8 Å². The summed E-state index contributed by atoms with van der Waals surface area (Å²) in [5, 5.41) is 2.95. The first-order valence-corrected chi connectivity index (χ1v) is 5.68. The predicted molar refractivity (Wildman–Crippen MR) is 65.5 cm³/mol. The lowest BCUT2D eigenvalue weighted by atomic mass is 10.1. The van der Waals surface area contributed by atoms with E-state index in [1.807, 2.05) is 25.1 Å². The van der Waals surface area contributed by atoms with E-state index >= 15 is 0 Å². The maximum atomic E-state index is 11.8. The van der Waals surface area contributed by atoms with Crippen molar-refractivity contribution in [2.45, 2.75) is 37.6 Å². The molecule has 1 aromatic carbocycles. The molecule has 0 aliphatic heterocycles. The predicted octanol–water partition coefficient (Wildman–Crippen LogP) is 2.89. The van der Waals surface area contributed by atoms with Crippen molar-refractivity contribution >= 4 is 18.5 Å². The van der Waals surface area contributed by atoms with Gasteiger partial charge in [0.05, 0.1) is 5.56 Å². The Morgan fingerprint density at radius 2 is 2.13 bits per heavy atom. The van der Waals surface area contributed by atoms with Crippen LogP contribution in [0.25, 0.3) is 0 Å². The Morgan fingerprint density at radius 3 is 2.73 bits per heavy atom. The molecule has 0 bridgehead atoms. The Bertz CT molecular complexity index is 338. The average Bonchev–Trinajstić information content (AvgIpc) is 2.18. The average molecular weight is 223 g/mol. The van der Waals surface area contributed by atoms with Crippen LogP contribution in [0.1, 0.15) is 37.0 Å². The van der Waals surface area contributed by atoms with Crippen molar-refractivity contribution in [3.8, 4) is 0 Å². The fraction of sp³-hybridized carbons (Fsp3) is 0.417. The number of benzene rings is 1. The van der Waals surface area contributed by atoms with E-state index in [9.17, 15) is 4.79 Å². The van der Waals surface area contributed by atoms with Crippen LogP contribution in [0.15, 0.2) is 29.2 Å². The van der Waals surface area contributed by atoms with Gasteiger partial charge in [-0.15, -0.1) is 12.6 Å². The Labute approximate surface area is 96.5 Å². The molecule has 1 N–H and O–H groups in total. The van der Waals surface area contributed by atoms with E-state index in [4.69, 9.17) is 0 Å². The molecule has 2 nitrogen and oxygen atoms in total. The van der Waals surface area contributed by atoms with Gasteiger partial charge in [-0.3, -0.25) is 4.79 Å². The summed E-state index contributed by atoms with van der Waals surface area (Å²) in [4.78, 5) is 12.5. The topological polar surface area (TPSA) is 29.1 Å². The third-order valence-corrected chi connectivity index (χ3v) is 2.64. The largest absolute Gasteiger partial charge is 0.350 e. The first-order valence-electron chi connectivity index (χ1n) is 5.24. The minimum atomic E-state index is -0.0402. The minimum Gasteiger partial charge on any atom is -0.350 e. The second kappa shape index (κ2) is 5.81. The summed E-state index contributed by atoms with van der Waals surface area (Å²) in [5.74, 6) is -0.0402. The highest BCUT2D eigenvalue weighted by Crippen LogP contribution is 2.12. The first kappa shape index (κ1) is 12.1. The van der Waals surface area contributed by atoms with Gasteiger partial charge in [0, 0.05) is 10.9 Å². The monoisotopic (exact) mass is 223 g/mol. The molecule has 1 rings (SSSR count). The van der Waals surface area contributed by atoms with Gasteiger partial charge in [0.1, 0.15) is 0 Å². The molecule has 82 valence electrons. The molecule has 0 aliphatic carbocycles. The molecule has 0 heterocycles. The first-order chi connectivity index (χ1) is 7.15. The van der Waals surface area contributed by atoms with Crippen molar-refractivity contribution < 1.29 is 4.79 Å². The number of nitrogens with one attached hydrogen (secondary N) is 1. The van der Waals surface area contributed by atoms with Gasteiger partial charge in [-0.25, -0.2) is 0 Å². The van der Waals surface area contributed by atoms with Crippen molar-refractivity contribution in [2.75, 3.05) is 0 Å². The smallest absolute Gasteiger partial charge is 0.252 e. The number of carbonyl (C=O) groups excluding carboxylic acids is 1. The molecule has 0 spiro atoms. The van der Waals surface area contributed by atoms with Crippen LogP contribution in [-0.2, 0) is 0 Å². The minimum absolute atomic E-state index is 0.0402. The van der Waals surface area contributed by atoms with E-state index in [1.54, 1.807) is 6.07 Å². The summed E-state index contributed by atoms with van der Waals surface area (Å²) < 4.78 is 0. The van der Waals surface area contributed by atoms with Gasteiger partial charge in [0.25, 0.3) is 5.91 Å². The fourth-order valence-electron chi connectivity index (χ4n) is 1.47. The van der Waals surface area contributed by atoms with Gasteiger partial charge in [0.2, 0.25) is 0 Å². The van der Waals surface area contributed by atoms with Crippen LogP contribution in [0.5, 0.6) is 0 Å². The van der Waals surface area contributed by atoms with Gasteiger partial charge in [-0.05, 0) is 25.5 Å². The van der Waals surface area contributed by atoms with Crippen LogP contribution in [0.2, 0.25) is 0 Å². The van der Waals surface area contributed by atoms with Crippen LogP contribution >= 0.6 is 12.6 Å². The Hall–Kier alpha value is -0.960. The zero-order valence-electron chi connectivity index (χ0n) is 9.16. The van der Waals surface area contributed by atoms with Gasteiger partial charge >= 0.3 is 0 Å². The molecular weight excluding hydrogens is 206 g/mol. The third-order valence-electron chi connectivity index (χ3n) is 2.25. The van der Waals surface area contributed by atoms with Gasteiger partial charge in [0.15, 0.2) is 0 Å². The number of thiol groups is 1. The number of carbonyl (C=O) groups is 1. The van der Waals surface area contributed by atoms with E-state index in [0.29, 0.717) is 5.56 Å². The molecule has 1 aromatic rings. The highest BCUT2D eigenvalue weighted by Gasteiger charge is 2.10. The fourth-order valence-corrected chi connectivity index (χ4v) is 1.73. The van der Waals surface area contributed by atoms with Crippen molar-refractivity contribution in [1.29, 1.82) is 0 Å². The van der Waals surface area contributed by atoms with Crippen molar-refractivity contribution in [3.63, 3.8) is 0 Å². The van der Waals surface area contributed by atoms with Crippen LogP contribution in [0.3, 0.4) is 0 Å². The number of hydrogen-bond donors (Lipinski definition) is 2. The van der Waals surface area contributed by atoms with Crippen LogP contribution in [0.4, 0.5) is 0 Å². The van der Waals surface area contributed by atoms with Crippen molar-refractivity contribution in [2.24, 2.45) is 0 Å². The molecule has 0 aromatic heterocycles. The van der Waals surface area contributed by atoms with Crippen molar-refractivity contribution in [1.82, 2.24) is 5.32 Å². The van der Waals surface area contributed by atoms with E-state index < -0.39 is 0 Å². The number of hydrogen-bond acceptors (Lipinski definition) is 2. The van der Waals surface area contributed by atoms with E-state index in [1.165, 1.54) is 0 Å². The Balaban J connectivity index is 2.65. The summed E-state index contributed by atoms with van der Waals surface area (Å²) in [5.41, 5.74) is 0.642. The maximum Gasteiger partial charge on any atom is 0.252 e. The quantitative estimate of drug-likeness (QED) is 0.755. The maximum absolute atomic E-state index is 11.8. The molecule has 3 heteroatoms. The molecule has 0 radical (unpaired) electrons. The zero-order chi connectivity index (χ0) is 11.3. The third kappa shape index (κ3) is 3.59. The summed E-state index contributed by atoms with van der Waals surface area (Å²) in [7, 11) is 0. The highest BCUT2D eigenvalue weighted by atomic mass is 32.1. The lowest BCUT2D eigenvalue weighted by Gasteiger charge is -2.13. The van der Waals surface area contributed by atoms with Crippen LogP contribution in [-0.4, -0.2) is 11.9 Å². The van der Waals surface area contributed by atoms with E-state index in [-0.39, 0.29) is 11.9 Å². The van der Waals surface area contributed by atoms with Gasteiger partial charge in [-0.2, -0.15) is 0 Å². The van der Waals surface area contributed by atoms with Gasteiger partial charge < -0.3 is 5.32 Å². The molecule has 1 unspecified atom stereocenters. The molecule has 0 saturated carbocycles. The van der Waals surface area contributed by atoms with Gasteiger partial charge in [-0.1, -0.05) is 25.5 Å². The van der Waals surface area contributed by atoms with Crippen LogP contribution < -0.4 is 5.32 Å². The zero-order valence-corrected chi connectivity index (χ0v) is 10.1. The molecular formula is C12H17NOS. The van der Waals surface area contributed by atoms with Crippen LogP contribution in [0, 0.1) is 0 Å². The second-order valence-electron chi connectivity index (χ2n) is 3.68. The summed E-state index contributed by atoms with van der Waals surface area (Å²) >= 11 is 4.25. The van der Waals surface area contributed by atoms with E-state index in [2.05, 4.69) is 24.9 Å². The normalized spacial score (nSPS) is 12.2. The molecule has 0 aliphatic rings. The number of amides is 1. The molecule has 15 heavy (non-hydrogen) atoms. The summed E-state index contributed by atoms with van der Waals surface area (Å²) in [6.07, 6.45) is 2.07.